The number of fused-ring (bicyclic) bond motifs is 3. The van der Waals surface area contributed by atoms with E-state index in [0.29, 0.717) is 0 Å². The zero-order valence-electron chi connectivity index (χ0n) is 14.0. The van der Waals surface area contributed by atoms with Crippen LogP contribution in [0.5, 0.6) is 0 Å². The summed E-state index contributed by atoms with van der Waals surface area (Å²) >= 11 is 0. The molecule has 3 heteroatoms. The van der Waals surface area contributed by atoms with E-state index in [4.69, 9.17) is 4.98 Å². The Labute approximate surface area is 151 Å². The Hall–Kier alpha value is -3.59. The fraction of sp³-hybridized carbons (Fsp3) is 0. The van der Waals surface area contributed by atoms with Crippen LogP contribution in [0.1, 0.15) is 0 Å². The lowest BCUT2D eigenvalue weighted by molar-refractivity contribution is 1.31. The highest BCUT2D eigenvalue weighted by atomic mass is 14.7. The van der Waals surface area contributed by atoms with Crippen molar-refractivity contribution in [3.63, 3.8) is 0 Å². The zero-order chi connectivity index (χ0) is 17.3. The standard InChI is InChI=1S/C23H15N3/c1-2-6-19-16(4-1)7-8-21-23(19)20(18-5-3-11-25-15-18)14-22(26-21)17-9-12-24-13-10-17/h1-15H. The van der Waals surface area contributed by atoms with Crippen molar-refractivity contribution in [1.82, 2.24) is 15.0 Å². The van der Waals surface area contributed by atoms with Gasteiger partial charge < -0.3 is 0 Å². The molecule has 0 aliphatic heterocycles. The lowest BCUT2D eigenvalue weighted by Crippen LogP contribution is -1.91. The van der Waals surface area contributed by atoms with Gasteiger partial charge in [0.05, 0.1) is 11.2 Å². The van der Waals surface area contributed by atoms with Gasteiger partial charge in [-0.1, -0.05) is 36.4 Å². The first-order chi connectivity index (χ1) is 12.9. The van der Waals surface area contributed by atoms with Crippen LogP contribution in [0.25, 0.3) is 44.1 Å². The summed E-state index contributed by atoms with van der Waals surface area (Å²) in [6.45, 7) is 0. The summed E-state index contributed by atoms with van der Waals surface area (Å²) in [4.78, 5) is 13.4. The molecule has 0 saturated heterocycles. The SMILES string of the molecule is c1cncc(-c2cc(-c3ccncc3)nc3ccc4ccccc4c23)c1. The Morgan fingerprint density at radius 2 is 1.54 bits per heavy atom. The van der Waals surface area contributed by atoms with Crippen LogP contribution in [0.15, 0.2) is 91.5 Å². The molecule has 3 aromatic heterocycles. The lowest BCUT2D eigenvalue weighted by Gasteiger charge is -2.12. The second-order valence-electron chi connectivity index (χ2n) is 6.21. The van der Waals surface area contributed by atoms with E-state index >= 15 is 0 Å². The van der Waals surface area contributed by atoms with E-state index in [1.54, 1.807) is 18.6 Å². The summed E-state index contributed by atoms with van der Waals surface area (Å²) in [5.74, 6) is 0. The summed E-state index contributed by atoms with van der Waals surface area (Å²) in [6.07, 6.45) is 7.30. The highest BCUT2D eigenvalue weighted by Crippen LogP contribution is 2.35. The van der Waals surface area contributed by atoms with Crippen LogP contribution in [0, 0.1) is 0 Å². The van der Waals surface area contributed by atoms with Gasteiger partial charge >= 0.3 is 0 Å². The molecule has 0 unspecified atom stereocenters. The van der Waals surface area contributed by atoms with Gasteiger partial charge in [0.1, 0.15) is 0 Å². The molecule has 0 saturated carbocycles. The third kappa shape index (κ3) is 2.42. The Balaban J connectivity index is 1.92. The molecule has 0 radical (unpaired) electrons. The average molecular weight is 333 g/mol. The highest BCUT2D eigenvalue weighted by molar-refractivity contribution is 6.13. The van der Waals surface area contributed by atoms with Crippen LogP contribution >= 0.6 is 0 Å². The Morgan fingerprint density at radius 1 is 0.654 bits per heavy atom. The zero-order valence-corrected chi connectivity index (χ0v) is 14.0. The van der Waals surface area contributed by atoms with E-state index in [1.807, 2.05) is 24.4 Å². The minimum Gasteiger partial charge on any atom is -0.265 e. The second-order valence-corrected chi connectivity index (χ2v) is 6.21. The molecule has 0 bridgehead atoms. The quantitative estimate of drug-likeness (QED) is 0.400. The molecule has 5 rings (SSSR count). The monoisotopic (exact) mass is 333 g/mol. The van der Waals surface area contributed by atoms with Crippen molar-refractivity contribution in [1.29, 1.82) is 0 Å². The number of benzene rings is 2. The van der Waals surface area contributed by atoms with Crippen LogP contribution in [0.4, 0.5) is 0 Å². The normalized spacial score (nSPS) is 11.1. The number of aromatic nitrogens is 3. The van der Waals surface area contributed by atoms with Crippen molar-refractivity contribution in [2.75, 3.05) is 0 Å². The van der Waals surface area contributed by atoms with Gasteiger partial charge in [-0.25, -0.2) is 4.98 Å². The number of rotatable bonds is 2. The minimum atomic E-state index is 0.939. The van der Waals surface area contributed by atoms with Gasteiger partial charge in [-0.05, 0) is 46.7 Å². The fourth-order valence-corrected chi connectivity index (χ4v) is 3.43. The predicted molar refractivity (Wildman–Crippen MR) is 106 cm³/mol. The Morgan fingerprint density at radius 3 is 2.38 bits per heavy atom. The summed E-state index contributed by atoms with van der Waals surface area (Å²) in [6, 6.07) is 22.9. The van der Waals surface area contributed by atoms with Crippen LogP contribution in [-0.4, -0.2) is 15.0 Å². The van der Waals surface area contributed by atoms with Crippen molar-refractivity contribution >= 4 is 21.7 Å². The van der Waals surface area contributed by atoms with Gasteiger partial charge in [-0.15, -0.1) is 0 Å². The van der Waals surface area contributed by atoms with Crippen molar-refractivity contribution in [3.8, 4) is 22.4 Å². The maximum absolute atomic E-state index is 4.93. The third-order valence-corrected chi connectivity index (χ3v) is 4.65. The van der Waals surface area contributed by atoms with Gasteiger partial charge in [0.15, 0.2) is 0 Å². The molecule has 0 fully saturated rings. The average Bonchev–Trinajstić information content (AvgIpc) is 2.74. The number of hydrogen-bond acceptors (Lipinski definition) is 3. The van der Waals surface area contributed by atoms with Crippen LogP contribution in [-0.2, 0) is 0 Å². The maximum atomic E-state index is 4.93. The van der Waals surface area contributed by atoms with Crippen molar-refractivity contribution in [2.45, 2.75) is 0 Å². The molecule has 5 aromatic rings. The van der Waals surface area contributed by atoms with E-state index in [0.717, 1.165) is 33.3 Å². The van der Waals surface area contributed by atoms with Crippen LogP contribution in [0.2, 0.25) is 0 Å². The minimum absolute atomic E-state index is 0.939. The van der Waals surface area contributed by atoms with Gasteiger partial charge in [0, 0.05) is 41.3 Å². The van der Waals surface area contributed by atoms with E-state index in [9.17, 15) is 0 Å². The van der Waals surface area contributed by atoms with Crippen molar-refractivity contribution < 1.29 is 0 Å². The maximum Gasteiger partial charge on any atom is 0.0722 e. The van der Waals surface area contributed by atoms with Crippen LogP contribution in [0.3, 0.4) is 0 Å². The molecule has 0 aliphatic carbocycles. The van der Waals surface area contributed by atoms with E-state index in [-0.39, 0.29) is 0 Å². The molecule has 0 amide bonds. The first-order valence-electron chi connectivity index (χ1n) is 8.53. The molecule has 3 nitrogen and oxygen atoms in total. The van der Waals surface area contributed by atoms with Gasteiger partial charge in [-0.2, -0.15) is 0 Å². The largest absolute Gasteiger partial charge is 0.265 e. The summed E-state index contributed by atoms with van der Waals surface area (Å²) in [5, 5.41) is 3.58. The second kappa shape index (κ2) is 6.05. The van der Waals surface area contributed by atoms with Crippen molar-refractivity contribution in [3.05, 3.63) is 91.5 Å². The van der Waals surface area contributed by atoms with E-state index in [2.05, 4.69) is 58.5 Å². The van der Waals surface area contributed by atoms with E-state index < -0.39 is 0 Å². The molecular weight excluding hydrogens is 318 g/mol. The Kier molecular flexibility index (Phi) is 3.42. The predicted octanol–water partition coefficient (Wildman–Crippen LogP) is 5.51. The lowest BCUT2D eigenvalue weighted by atomic mass is 9.95. The van der Waals surface area contributed by atoms with Gasteiger partial charge in [0.25, 0.3) is 0 Å². The molecule has 2 aromatic carbocycles. The van der Waals surface area contributed by atoms with Gasteiger partial charge in [-0.3, -0.25) is 9.97 Å². The molecule has 26 heavy (non-hydrogen) atoms. The third-order valence-electron chi connectivity index (χ3n) is 4.65. The van der Waals surface area contributed by atoms with Crippen molar-refractivity contribution in [2.24, 2.45) is 0 Å². The molecule has 0 spiro atoms. The summed E-state index contributed by atoms with van der Waals surface area (Å²) < 4.78 is 0. The molecule has 122 valence electrons. The fourth-order valence-electron chi connectivity index (χ4n) is 3.43. The molecule has 0 atom stereocenters. The number of nitrogens with zero attached hydrogens (tertiary/aromatic N) is 3. The first-order valence-corrected chi connectivity index (χ1v) is 8.53. The summed E-state index contributed by atoms with van der Waals surface area (Å²) in [7, 11) is 0. The van der Waals surface area contributed by atoms with Crippen LogP contribution < -0.4 is 0 Å². The number of pyridine rings is 3. The Bertz CT molecular complexity index is 1220. The number of hydrogen-bond donors (Lipinski definition) is 0. The highest BCUT2D eigenvalue weighted by Gasteiger charge is 2.12. The van der Waals surface area contributed by atoms with E-state index in [1.165, 1.54) is 10.8 Å². The topological polar surface area (TPSA) is 38.7 Å². The summed E-state index contributed by atoms with van der Waals surface area (Å²) in [5.41, 5.74) is 5.21. The molecular formula is C23H15N3. The smallest absolute Gasteiger partial charge is 0.0722 e. The van der Waals surface area contributed by atoms with Gasteiger partial charge in [0.2, 0.25) is 0 Å². The molecule has 0 N–H and O–H groups in total. The molecule has 0 aliphatic rings. The first kappa shape index (κ1) is 14.7. The molecule has 3 heterocycles.